The minimum atomic E-state index is -0.163. The number of hydrogen-bond acceptors (Lipinski definition) is 5. The summed E-state index contributed by atoms with van der Waals surface area (Å²) in [7, 11) is 0. The lowest BCUT2D eigenvalue weighted by Gasteiger charge is -2.11. The van der Waals surface area contributed by atoms with E-state index in [0.717, 1.165) is 12.8 Å². The van der Waals surface area contributed by atoms with Gasteiger partial charge in [0.25, 0.3) is 5.91 Å². The van der Waals surface area contributed by atoms with E-state index in [1.807, 2.05) is 11.8 Å². The summed E-state index contributed by atoms with van der Waals surface area (Å²) in [4.78, 5) is 11.8. The van der Waals surface area contributed by atoms with Gasteiger partial charge in [0.15, 0.2) is 5.69 Å². The van der Waals surface area contributed by atoms with E-state index in [1.54, 1.807) is 12.1 Å². The highest BCUT2D eigenvalue weighted by atomic mass is 32.2. The van der Waals surface area contributed by atoms with Gasteiger partial charge in [-0.2, -0.15) is 11.8 Å². The number of aromatic nitrogens is 2. The number of nitrogens with two attached hydrogens (primary N) is 1. The highest BCUT2D eigenvalue weighted by Crippen LogP contribution is 2.28. The molecule has 1 saturated carbocycles. The quantitative estimate of drug-likeness (QED) is 0.841. The Morgan fingerprint density at radius 1 is 1.47 bits per heavy atom. The topological polar surface area (TPSA) is 80.9 Å². The van der Waals surface area contributed by atoms with Gasteiger partial charge in [-0.3, -0.25) is 4.79 Å². The maximum absolute atomic E-state index is 11.8. The molecule has 3 N–H and O–H groups in total. The van der Waals surface area contributed by atoms with Crippen molar-refractivity contribution in [2.75, 3.05) is 12.0 Å². The second-order valence-corrected chi connectivity index (χ2v) is 5.32. The Morgan fingerprint density at radius 2 is 2.29 bits per heavy atom. The van der Waals surface area contributed by atoms with Crippen LogP contribution in [0.25, 0.3) is 0 Å². The number of thioether (sulfide) groups is 1. The molecule has 92 valence electrons. The molecular formula is C11H16N4OS. The summed E-state index contributed by atoms with van der Waals surface area (Å²) in [5.41, 5.74) is 5.74. The van der Waals surface area contributed by atoms with Crippen molar-refractivity contribution in [3.05, 3.63) is 17.8 Å². The van der Waals surface area contributed by atoms with Crippen molar-refractivity contribution in [3.8, 4) is 0 Å². The van der Waals surface area contributed by atoms with Gasteiger partial charge in [0.05, 0.1) is 0 Å². The molecule has 1 aromatic rings. The van der Waals surface area contributed by atoms with Crippen LogP contribution in [0.4, 0.5) is 5.82 Å². The number of nitrogen functional groups attached to an aromatic ring is 1. The number of anilines is 1. The van der Waals surface area contributed by atoms with Gasteiger partial charge in [-0.1, -0.05) is 0 Å². The maximum Gasteiger partial charge on any atom is 0.272 e. The van der Waals surface area contributed by atoms with Crippen molar-refractivity contribution in [3.63, 3.8) is 0 Å². The molecule has 1 heterocycles. The first-order valence-electron chi connectivity index (χ1n) is 5.62. The third kappa shape index (κ3) is 3.09. The molecular weight excluding hydrogens is 236 g/mol. The molecule has 0 spiro atoms. The van der Waals surface area contributed by atoms with Gasteiger partial charge in [-0.05, 0) is 37.7 Å². The van der Waals surface area contributed by atoms with Crippen LogP contribution in [0.3, 0.4) is 0 Å². The predicted molar refractivity (Wildman–Crippen MR) is 68.9 cm³/mol. The van der Waals surface area contributed by atoms with Crippen molar-refractivity contribution in [2.45, 2.75) is 30.6 Å². The first-order valence-corrected chi connectivity index (χ1v) is 6.90. The van der Waals surface area contributed by atoms with Crippen molar-refractivity contribution in [2.24, 2.45) is 0 Å². The predicted octanol–water partition coefficient (Wildman–Crippen LogP) is 1.07. The molecule has 17 heavy (non-hydrogen) atoms. The number of nitrogens with one attached hydrogen (secondary N) is 1. The Kier molecular flexibility index (Phi) is 3.83. The third-order valence-electron chi connectivity index (χ3n) is 2.97. The summed E-state index contributed by atoms with van der Waals surface area (Å²) in [6.07, 6.45) is 5.36. The molecule has 2 atom stereocenters. The Morgan fingerprint density at radius 3 is 2.88 bits per heavy atom. The van der Waals surface area contributed by atoms with Crippen molar-refractivity contribution in [1.29, 1.82) is 0 Å². The lowest BCUT2D eigenvalue weighted by molar-refractivity contribution is 0.0932. The zero-order valence-corrected chi connectivity index (χ0v) is 10.5. The summed E-state index contributed by atoms with van der Waals surface area (Å²) in [5.74, 6) is 0.161. The van der Waals surface area contributed by atoms with Gasteiger partial charge in [-0.25, -0.2) is 0 Å². The van der Waals surface area contributed by atoms with Gasteiger partial charge < -0.3 is 11.1 Å². The molecule has 0 bridgehead atoms. The van der Waals surface area contributed by atoms with Crippen molar-refractivity contribution >= 4 is 23.5 Å². The molecule has 0 aliphatic heterocycles. The summed E-state index contributed by atoms with van der Waals surface area (Å²) >= 11 is 1.87. The van der Waals surface area contributed by atoms with Gasteiger partial charge in [0.2, 0.25) is 0 Å². The first kappa shape index (κ1) is 12.2. The minimum Gasteiger partial charge on any atom is -0.382 e. The highest BCUT2D eigenvalue weighted by molar-refractivity contribution is 7.99. The van der Waals surface area contributed by atoms with E-state index in [2.05, 4.69) is 21.8 Å². The molecule has 2 rings (SSSR count). The summed E-state index contributed by atoms with van der Waals surface area (Å²) in [6.45, 7) is 0. The fourth-order valence-electron chi connectivity index (χ4n) is 2.01. The van der Waals surface area contributed by atoms with Crippen LogP contribution in [-0.2, 0) is 0 Å². The van der Waals surface area contributed by atoms with E-state index in [1.165, 1.54) is 6.42 Å². The molecule has 2 unspecified atom stereocenters. The molecule has 1 aliphatic carbocycles. The molecule has 5 nitrogen and oxygen atoms in total. The normalized spacial score (nSPS) is 23.6. The number of amides is 1. The van der Waals surface area contributed by atoms with Crippen LogP contribution >= 0.6 is 11.8 Å². The van der Waals surface area contributed by atoms with Gasteiger partial charge in [-0.15, -0.1) is 10.2 Å². The maximum atomic E-state index is 11.8. The van der Waals surface area contributed by atoms with Crippen LogP contribution in [0.1, 0.15) is 29.8 Å². The van der Waals surface area contributed by atoms with E-state index in [0.29, 0.717) is 16.8 Å². The first-order chi connectivity index (χ1) is 8.19. The monoisotopic (exact) mass is 252 g/mol. The Labute approximate surface area is 105 Å². The minimum absolute atomic E-state index is 0.163. The van der Waals surface area contributed by atoms with Gasteiger partial charge in [0.1, 0.15) is 5.82 Å². The second kappa shape index (κ2) is 5.35. The molecule has 0 aromatic carbocycles. The fraction of sp³-hybridized carbons (Fsp3) is 0.545. The van der Waals surface area contributed by atoms with Crippen LogP contribution in [-0.4, -0.2) is 33.7 Å². The average molecular weight is 252 g/mol. The number of carbonyl (C=O) groups excluding carboxylic acids is 1. The van der Waals surface area contributed by atoms with Gasteiger partial charge >= 0.3 is 0 Å². The lowest BCUT2D eigenvalue weighted by Crippen LogP contribution is -2.33. The molecule has 6 heteroatoms. The molecule has 1 aromatic heterocycles. The SMILES string of the molecule is CSC1CCC(NC(=O)c2ccc(N)nn2)C1. The van der Waals surface area contributed by atoms with Gasteiger partial charge in [0, 0.05) is 11.3 Å². The summed E-state index contributed by atoms with van der Waals surface area (Å²) < 4.78 is 0. The Hall–Kier alpha value is -1.30. The van der Waals surface area contributed by atoms with Crippen LogP contribution in [0.15, 0.2) is 12.1 Å². The average Bonchev–Trinajstić information content (AvgIpc) is 2.77. The number of rotatable bonds is 3. The highest BCUT2D eigenvalue weighted by Gasteiger charge is 2.25. The van der Waals surface area contributed by atoms with Crippen molar-refractivity contribution in [1.82, 2.24) is 15.5 Å². The zero-order chi connectivity index (χ0) is 12.3. The molecule has 1 fully saturated rings. The van der Waals surface area contributed by atoms with E-state index < -0.39 is 0 Å². The number of hydrogen-bond donors (Lipinski definition) is 2. The van der Waals surface area contributed by atoms with E-state index in [-0.39, 0.29) is 11.9 Å². The molecule has 0 radical (unpaired) electrons. The van der Waals surface area contributed by atoms with Crippen LogP contribution in [0, 0.1) is 0 Å². The van der Waals surface area contributed by atoms with E-state index >= 15 is 0 Å². The number of nitrogens with zero attached hydrogens (tertiary/aromatic N) is 2. The van der Waals surface area contributed by atoms with Crippen LogP contribution in [0.5, 0.6) is 0 Å². The van der Waals surface area contributed by atoms with Crippen LogP contribution < -0.4 is 11.1 Å². The summed E-state index contributed by atoms with van der Waals surface area (Å²) in [5, 5.41) is 11.1. The van der Waals surface area contributed by atoms with Crippen molar-refractivity contribution < 1.29 is 4.79 Å². The molecule has 1 amide bonds. The Balaban J connectivity index is 1.91. The lowest BCUT2D eigenvalue weighted by atomic mass is 10.2. The van der Waals surface area contributed by atoms with E-state index in [9.17, 15) is 4.79 Å². The van der Waals surface area contributed by atoms with Crippen LogP contribution in [0.2, 0.25) is 0 Å². The fourth-order valence-corrected chi connectivity index (χ4v) is 2.80. The largest absolute Gasteiger partial charge is 0.382 e. The standard InChI is InChI=1S/C11H16N4OS/c1-17-8-3-2-7(6-8)13-11(16)9-4-5-10(12)15-14-9/h4-5,7-8H,2-3,6H2,1H3,(H2,12,15)(H,13,16). The summed E-state index contributed by atoms with van der Waals surface area (Å²) in [6, 6.07) is 3.44. The second-order valence-electron chi connectivity index (χ2n) is 4.18. The Bertz CT molecular complexity index is 395. The smallest absolute Gasteiger partial charge is 0.272 e. The third-order valence-corrected chi connectivity index (χ3v) is 4.07. The number of carbonyl (C=O) groups is 1. The molecule has 0 saturated heterocycles. The molecule has 1 aliphatic rings. The van der Waals surface area contributed by atoms with E-state index in [4.69, 9.17) is 5.73 Å². The zero-order valence-electron chi connectivity index (χ0n) is 9.72.